The van der Waals surface area contributed by atoms with Crippen LogP contribution in [-0.2, 0) is 14.3 Å². The first-order chi connectivity index (χ1) is 18.4. The Balaban J connectivity index is 1.87. The van der Waals surface area contributed by atoms with E-state index in [0.29, 0.717) is 52.5 Å². The lowest BCUT2D eigenvalue weighted by Gasteiger charge is -2.37. The fourth-order valence-corrected chi connectivity index (χ4v) is 5.41. The van der Waals surface area contributed by atoms with E-state index >= 15 is 0 Å². The first-order valence-corrected chi connectivity index (χ1v) is 12.7. The molecule has 2 aromatic rings. The third-order valence-corrected chi connectivity index (χ3v) is 7.08. The maximum Gasteiger partial charge on any atom is 0.336 e. The Morgan fingerprint density at radius 3 is 2.21 bits per heavy atom. The van der Waals surface area contributed by atoms with Crippen LogP contribution in [0.1, 0.15) is 56.1 Å². The third kappa shape index (κ3) is 4.95. The molecule has 1 N–H and O–H groups in total. The van der Waals surface area contributed by atoms with Gasteiger partial charge in [0.1, 0.15) is 5.75 Å². The summed E-state index contributed by atoms with van der Waals surface area (Å²) >= 11 is 0. The molecule has 8 nitrogen and oxygen atoms in total. The predicted octanol–water partition coefficient (Wildman–Crippen LogP) is 5.04. The molecule has 0 unspecified atom stereocenters. The summed E-state index contributed by atoms with van der Waals surface area (Å²) in [5.74, 6) is 0.852. The molecule has 0 bridgehead atoms. The van der Waals surface area contributed by atoms with E-state index in [-0.39, 0.29) is 24.7 Å². The van der Waals surface area contributed by atoms with Crippen molar-refractivity contribution in [2.75, 3.05) is 35.0 Å². The molecular weight excluding hydrogens is 486 g/mol. The number of ketones is 1. The highest BCUT2D eigenvalue weighted by Gasteiger charge is 2.42. The summed E-state index contributed by atoms with van der Waals surface area (Å²) in [5.41, 5.74) is 4.06. The lowest BCUT2D eigenvalue weighted by Crippen LogP contribution is -2.36. The molecule has 0 saturated heterocycles. The number of ether oxygens (including phenoxy) is 5. The van der Waals surface area contributed by atoms with Gasteiger partial charge in [0.25, 0.3) is 0 Å². The van der Waals surface area contributed by atoms with E-state index in [1.807, 2.05) is 38.1 Å². The van der Waals surface area contributed by atoms with Crippen LogP contribution in [0.2, 0.25) is 0 Å². The van der Waals surface area contributed by atoms with Crippen LogP contribution in [0.4, 0.5) is 0 Å². The Kier molecular flexibility index (Phi) is 8.29. The molecular formula is C30H35NO7. The fraction of sp³-hybridized carbons (Fsp3) is 0.400. The van der Waals surface area contributed by atoms with E-state index in [1.165, 1.54) is 21.3 Å². The second-order valence-corrected chi connectivity index (χ2v) is 9.35. The molecule has 2 aromatic carbocycles. The largest absolute Gasteiger partial charge is 0.496 e. The zero-order valence-electron chi connectivity index (χ0n) is 22.8. The summed E-state index contributed by atoms with van der Waals surface area (Å²) in [6.45, 7) is 4.06. The molecule has 2 atom stereocenters. The monoisotopic (exact) mass is 521 g/mol. The minimum Gasteiger partial charge on any atom is -0.496 e. The second-order valence-electron chi connectivity index (χ2n) is 9.35. The SMILES string of the molecule is CCCOC(=O)C1=C(C)NC2=C(C(=O)C[C@@H](c3ccccc3OC)C2)[C@@H]1c1cc(OC)c(OC)c(OC)c1. The van der Waals surface area contributed by atoms with Gasteiger partial charge in [0.15, 0.2) is 17.3 Å². The number of allylic oxidation sites excluding steroid dienone is 3. The number of hydrogen-bond donors (Lipinski definition) is 1. The van der Waals surface area contributed by atoms with Crippen LogP contribution in [0.15, 0.2) is 58.9 Å². The minimum absolute atomic E-state index is 0.0401. The molecule has 0 saturated carbocycles. The van der Waals surface area contributed by atoms with Gasteiger partial charge in [-0.1, -0.05) is 25.1 Å². The Morgan fingerprint density at radius 2 is 1.61 bits per heavy atom. The van der Waals surface area contributed by atoms with Gasteiger partial charge in [-0.25, -0.2) is 4.79 Å². The lowest BCUT2D eigenvalue weighted by atomic mass is 9.71. The van der Waals surface area contributed by atoms with Gasteiger partial charge in [-0.15, -0.1) is 0 Å². The van der Waals surface area contributed by atoms with Crippen molar-refractivity contribution in [1.82, 2.24) is 5.32 Å². The summed E-state index contributed by atoms with van der Waals surface area (Å²) in [5, 5.41) is 3.38. The number of hydrogen-bond acceptors (Lipinski definition) is 8. The highest BCUT2D eigenvalue weighted by molar-refractivity contribution is 6.04. The number of benzene rings is 2. The Morgan fingerprint density at radius 1 is 0.947 bits per heavy atom. The van der Waals surface area contributed by atoms with Crippen molar-refractivity contribution in [1.29, 1.82) is 0 Å². The summed E-state index contributed by atoms with van der Waals surface area (Å²) in [6.07, 6.45) is 1.57. The standard InChI is InChI=1S/C30H35NO7/c1-7-12-38-30(33)26-17(2)31-21-13-18(20-10-8-9-11-23(20)34-3)14-22(32)28(21)27(26)19-15-24(35-4)29(37-6)25(16-19)36-5/h8-11,15-16,18,27,31H,7,12-14H2,1-6H3/t18-,27+/m0/s1. The Bertz CT molecular complexity index is 1270. The molecule has 202 valence electrons. The van der Waals surface area contributed by atoms with Gasteiger partial charge in [0.05, 0.1) is 40.6 Å². The first-order valence-electron chi connectivity index (χ1n) is 12.7. The molecule has 38 heavy (non-hydrogen) atoms. The van der Waals surface area contributed by atoms with E-state index in [0.717, 1.165) is 17.0 Å². The van der Waals surface area contributed by atoms with E-state index in [1.54, 1.807) is 19.2 Å². The van der Waals surface area contributed by atoms with Crippen molar-refractivity contribution < 1.29 is 33.3 Å². The summed E-state index contributed by atoms with van der Waals surface area (Å²) in [7, 11) is 6.24. The highest BCUT2D eigenvalue weighted by Crippen LogP contribution is 2.49. The van der Waals surface area contributed by atoms with Crippen LogP contribution in [0.25, 0.3) is 0 Å². The number of esters is 1. The number of Topliss-reactive ketones (excluding diaryl/α,β-unsaturated/α-hetero) is 1. The van der Waals surface area contributed by atoms with Crippen LogP contribution < -0.4 is 24.3 Å². The first kappa shape index (κ1) is 27.1. The molecule has 0 amide bonds. The molecule has 0 radical (unpaired) electrons. The van der Waals surface area contributed by atoms with Gasteiger partial charge >= 0.3 is 5.97 Å². The molecule has 1 heterocycles. The molecule has 1 aliphatic carbocycles. The van der Waals surface area contributed by atoms with Crippen molar-refractivity contribution in [2.45, 2.75) is 44.9 Å². The quantitative estimate of drug-likeness (QED) is 0.459. The number of rotatable bonds is 9. The third-order valence-electron chi connectivity index (χ3n) is 7.08. The number of carbonyl (C=O) groups excluding carboxylic acids is 2. The lowest BCUT2D eigenvalue weighted by molar-refractivity contribution is -0.139. The number of carbonyl (C=O) groups is 2. The fourth-order valence-electron chi connectivity index (χ4n) is 5.41. The number of dihydropyridines is 1. The Labute approximate surface area is 223 Å². The number of methoxy groups -OCH3 is 4. The van der Waals surface area contributed by atoms with Gasteiger partial charge in [0, 0.05) is 35.2 Å². The Hall–Kier alpha value is -3.94. The van der Waals surface area contributed by atoms with E-state index in [4.69, 9.17) is 23.7 Å². The molecule has 1 aliphatic heterocycles. The minimum atomic E-state index is -0.657. The average molecular weight is 522 g/mol. The average Bonchev–Trinajstić information content (AvgIpc) is 2.93. The molecule has 8 heteroatoms. The number of para-hydroxylation sites is 1. The summed E-state index contributed by atoms with van der Waals surface area (Å²) < 4.78 is 27.8. The van der Waals surface area contributed by atoms with E-state index in [9.17, 15) is 9.59 Å². The number of nitrogens with one attached hydrogen (secondary N) is 1. The second kappa shape index (κ2) is 11.6. The summed E-state index contributed by atoms with van der Waals surface area (Å²) in [4.78, 5) is 27.3. The van der Waals surface area contributed by atoms with Crippen molar-refractivity contribution >= 4 is 11.8 Å². The van der Waals surface area contributed by atoms with E-state index < -0.39 is 11.9 Å². The van der Waals surface area contributed by atoms with Gasteiger partial charge in [-0.05, 0) is 49.1 Å². The smallest absolute Gasteiger partial charge is 0.336 e. The van der Waals surface area contributed by atoms with Crippen molar-refractivity contribution in [3.63, 3.8) is 0 Å². The van der Waals surface area contributed by atoms with Crippen LogP contribution in [0.5, 0.6) is 23.0 Å². The van der Waals surface area contributed by atoms with Gasteiger partial charge < -0.3 is 29.0 Å². The molecule has 0 aromatic heterocycles. The molecule has 0 fully saturated rings. The van der Waals surface area contributed by atoms with Crippen LogP contribution in [-0.4, -0.2) is 46.8 Å². The van der Waals surface area contributed by atoms with Gasteiger partial charge in [0.2, 0.25) is 5.75 Å². The topological polar surface area (TPSA) is 92.3 Å². The highest BCUT2D eigenvalue weighted by atomic mass is 16.5. The zero-order valence-corrected chi connectivity index (χ0v) is 22.8. The van der Waals surface area contributed by atoms with Crippen LogP contribution >= 0.6 is 0 Å². The van der Waals surface area contributed by atoms with Gasteiger partial charge in [-0.2, -0.15) is 0 Å². The predicted molar refractivity (Wildman–Crippen MR) is 143 cm³/mol. The molecule has 2 aliphatic rings. The van der Waals surface area contributed by atoms with Crippen LogP contribution in [0, 0.1) is 0 Å². The normalized spacial score (nSPS) is 18.9. The van der Waals surface area contributed by atoms with Crippen molar-refractivity contribution in [3.8, 4) is 23.0 Å². The van der Waals surface area contributed by atoms with E-state index in [2.05, 4.69) is 5.32 Å². The van der Waals surface area contributed by atoms with Crippen molar-refractivity contribution in [3.05, 3.63) is 70.1 Å². The molecule has 0 spiro atoms. The zero-order chi connectivity index (χ0) is 27.4. The van der Waals surface area contributed by atoms with Crippen molar-refractivity contribution in [2.24, 2.45) is 0 Å². The maximum absolute atomic E-state index is 13.9. The maximum atomic E-state index is 13.9. The molecule has 4 rings (SSSR count). The summed E-state index contributed by atoms with van der Waals surface area (Å²) in [6, 6.07) is 11.4. The van der Waals surface area contributed by atoms with Crippen LogP contribution in [0.3, 0.4) is 0 Å². The van der Waals surface area contributed by atoms with Gasteiger partial charge in [-0.3, -0.25) is 4.79 Å².